The molecule has 0 radical (unpaired) electrons. The fourth-order valence-corrected chi connectivity index (χ4v) is 8.55. The first-order valence-corrected chi connectivity index (χ1v) is 25.0. The molecule has 0 aromatic heterocycles. The SMILES string of the molecule is C=CC(=O)OCCCCCCOc1ccc(-c2ccc(C(=O)Oc3ccc4ccccc4c3-c3c(OC(=O)c4ccc(-c5ccc(OCCCCCCOC(=O)C=C)cc5)cc4)ccc4ccccc34)cc2)cc1. The Labute approximate surface area is 431 Å². The molecule has 10 heteroatoms. The molecule has 0 fully saturated rings. The zero-order chi connectivity index (χ0) is 51.5. The summed E-state index contributed by atoms with van der Waals surface area (Å²) in [5.74, 6) is 0.310. The molecule has 0 heterocycles. The highest BCUT2D eigenvalue weighted by atomic mass is 16.5. The summed E-state index contributed by atoms with van der Waals surface area (Å²) in [7, 11) is 0. The number of carbonyl (C=O) groups excluding carboxylic acids is 4. The number of carbonyl (C=O) groups is 4. The molecule has 10 nitrogen and oxygen atoms in total. The lowest BCUT2D eigenvalue weighted by Crippen LogP contribution is -2.11. The number of unbranched alkanes of at least 4 members (excludes halogenated alkanes) is 6. The van der Waals surface area contributed by atoms with Crippen molar-refractivity contribution in [3.8, 4) is 56.4 Å². The highest BCUT2D eigenvalue weighted by Crippen LogP contribution is 2.46. The third-order valence-electron chi connectivity index (χ3n) is 12.5. The quantitative estimate of drug-likeness (QED) is 0.0237. The molecule has 0 aliphatic heterocycles. The Morgan fingerprint density at radius 2 is 0.703 bits per heavy atom. The fraction of sp³-hybridized carbons (Fsp3) is 0.188. The van der Waals surface area contributed by atoms with E-state index >= 15 is 0 Å². The van der Waals surface area contributed by atoms with E-state index in [-0.39, 0.29) is 0 Å². The van der Waals surface area contributed by atoms with Crippen LogP contribution in [0, 0.1) is 0 Å². The topological polar surface area (TPSA) is 124 Å². The number of hydrogen-bond acceptors (Lipinski definition) is 10. The van der Waals surface area contributed by atoms with Crippen LogP contribution < -0.4 is 18.9 Å². The monoisotopic (exact) mass is 986 g/mol. The summed E-state index contributed by atoms with van der Waals surface area (Å²) in [5, 5.41) is 3.47. The Morgan fingerprint density at radius 1 is 0.365 bits per heavy atom. The minimum absolute atomic E-state index is 0.317. The number of esters is 4. The van der Waals surface area contributed by atoms with E-state index in [2.05, 4.69) is 13.2 Å². The average molecular weight is 987 g/mol. The van der Waals surface area contributed by atoms with Crippen molar-refractivity contribution in [1.29, 1.82) is 0 Å². The molecule has 8 rings (SSSR count). The van der Waals surface area contributed by atoms with Gasteiger partial charge in [0.05, 0.1) is 37.6 Å². The summed E-state index contributed by atoms with van der Waals surface area (Å²) >= 11 is 0. The second-order valence-corrected chi connectivity index (χ2v) is 17.6. The predicted molar refractivity (Wildman–Crippen MR) is 291 cm³/mol. The van der Waals surface area contributed by atoms with E-state index in [1.165, 1.54) is 12.2 Å². The number of fused-ring (bicyclic) bond motifs is 2. The van der Waals surface area contributed by atoms with Crippen molar-refractivity contribution in [3.05, 3.63) is 206 Å². The molecular weight excluding hydrogens is 929 g/mol. The molecule has 0 bridgehead atoms. The first kappa shape index (κ1) is 51.6. The van der Waals surface area contributed by atoms with Crippen molar-refractivity contribution < 1.29 is 47.6 Å². The van der Waals surface area contributed by atoms with Crippen LogP contribution in [0.15, 0.2) is 195 Å². The van der Waals surface area contributed by atoms with Crippen LogP contribution in [0.25, 0.3) is 54.9 Å². The van der Waals surface area contributed by atoms with Gasteiger partial charge in [0.15, 0.2) is 0 Å². The van der Waals surface area contributed by atoms with Gasteiger partial charge in [0.2, 0.25) is 0 Å². The summed E-state index contributed by atoms with van der Waals surface area (Å²) < 4.78 is 34.6. The van der Waals surface area contributed by atoms with Crippen LogP contribution >= 0.6 is 0 Å². The largest absolute Gasteiger partial charge is 0.494 e. The first-order valence-electron chi connectivity index (χ1n) is 25.0. The van der Waals surface area contributed by atoms with Gasteiger partial charge in [0, 0.05) is 23.3 Å². The molecule has 74 heavy (non-hydrogen) atoms. The molecule has 374 valence electrons. The van der Waals surface area contributed by atoms with Gasteiger partial charge in [-0.2, -0.15) is 0 Å². The van der Waals surface area contributed by atoms with Crippen molar-refractivity contribution >= 4 is 45.4 Å². The Morgan fingerprint density at radius 3 is 1.07 bits per heavy atom. The van der Waals surface area contributed by atoms with Crippen LogP contribution in [-0.2, 0) is 19.1 Å². The lowest BCUT2D eigenvalue weighted by molar-refractivity contribution is -0.138. The van der Waals surface area contributed by atoms with Gasteiger partial charge in [-0.15, -0.1) is 0 Å². The maximum atomic E-state index is 14.1. The maximum Gasteiger partial charge on any atom is 0.343 e. The normalized spacial score (nSPS) is 10.9. The Hall–Kier alpha value is -8.76. The molecule has 8 aromatic carbocycles. The number of hydrogen-bond donors (Lipinski definition) is 0. The van der Waals surface area contributed by atoms with Crippen molar-refractivity contribution in [3.63, 3.8) is 0 Å². The Bertz CT molecular complexity index is 2990. The smallest absolute Gasteiger partial charge is 0.343 e. The summed E-state index contributed by atoms with van der Waals surface area (Å²) in [4.78, 5) is 50.5. The zero-order valence-electron chi connectivity index (χ0n) is 41.3. The summed E-state index contributed by atoms with van der Waals surface area (Å²) in [6, 6.07) is 53.4. The van der Waals surface area contributed by atoms with E-state index in [4.69, 9.17) is 28.4 Å². The second-order valence-electron chi connectivity index (χ2n) is 17.6. The van der Waals surface area contributed by atoms with E-state index < -0.39 is 23.9 Å². The third kappa shape index (κ3) is 13.8. The molecular formula is C64H58O10. The molecule has 0 unspecified atom stereocenters. The molecule has 0 aliphatic carbocycles. The standard InChI is InChI=1S/C64H58O10/c1-3-59(65)71-43-15-7-5-13-41-69-53-35-29-47(30-36-53)45-21-25-51(26-22-45)63(67)73-57-39-33-49-17-9-11-19-55(49)61(57)62-56-20-12-10-18-50(56)34-40-58(62)74-64(68)52-27-23-46(24-28-52)48-31-37-54(38-32-48)70-42-14-6-8-16-44-72-60(66)4-2/h3-4,9-12,17-40H,1-2,5-8,13-16,41-44H2. The second kappa shape index (κ2) is 26.1. The van der Waals surface area contributed by atoms with E-state index in [1.54, 1.807) is 36.4 Å². The van der Waals surface area contributed by atoms with Gasteiger partial charge < -0.3 is 28.4 Å². The number of ether oxygens (including phenoxy) is 6. The zero-order valence-corrected chi connectivity index (χ0v) is 41.3. The van der Waals surface area contributed by atoms with Gasteiger partial charge in [0.1, 0.15) is 23.0 Å². The number of benzene rings is 8. The molecule has 0 atom stereocenters. The molecule has 0 spiro atoms. The molecule has 8 aromatic rings. The van der Waals surface area contributed by atoms with Crippen molar-refractivity contribution in [2.24, 2.45) is 0 Å². The van der Waals surface area contributed by atoms with Crippen LogP contribution in [0.2, 0.25) is 0 Å². The lowest BCUT2D eigenvalue weighted by Gasteiger charge is -2.19. The van der Waals surface area contributed by atoms with Crippen molar-refractivity contribution in [2.75, 3.05) is 26.4 Å². The van der Waals surface area contributed by atoms with Crippen molar-refractivity contribution in [2.45, 2.75) is 51.4 Å². The van der Waals surface area contributed by atoms with Gasteiger partial charge in [-0.1, -0.05) is 122 Å². The molecule has 0 saturated carbocycles. The van der Waals surface area contributed by atoms with Crippen LogP contribution in [-0.4, -0.2) is 50.3 Å². The lowest BCUT2D eigenvalue weighted by atomic mass is 9.92. The Balaban J connectivity index is 0.930. The van der Waals surface area contributed by atoms with Crippen LogP contribution in [0.5, 0.6) is 23.0 Å². The van der Waals surface area contributed by atoms with Crippen molar-refractivity contribution in [1.82, 2.24) is 0 Å². The van der Waals surface area contributed by atoms with E-state index in [1.807, 2.05) is 133 Å². The molecule has 0 aliphatic rings. The first-order chi connectivity index (χ1) is 36.3. The molecule has 0 saturated heterocycles. The minimum Gasteiger partial charge on any atom is -0.494 e. The van der Waals surface area contributed by atoms with Gasteiger partial charge >= 0.3 is 23.9 Å². The van der Waals surface area contributed by atoms with Gasteiger partial charge in [-0.25, -0.2) is 19.2 Å². The van der Waals surface area contributed by atoms with E-state index in [9.17, 15) is 19.2 Å². The minimum atomic E-state index is -0.537. The van der Waals surface area contributed by atoms with Crippen LogP contribution in [0.4, 0.5) is 0 Å². The van der Waals surface area contributed by atoms with E-state index in [0.717, 1.165) is 107 Å². The highest BCUT2D eigenvalue weighted by molar-refractivity contribution is 6.11. The Kier molecular flexibility index (Phi) is 18.2. The number of rotatable bonds is 25. The van der Waals surface area contributed by atoms with Crippen LogP contribution in [0.3, 0.4) is 0 Å². The van der Waals surface area contributed by atoms with Crippen LogP contribution in [0.1, 0.15) is 72.1 Å². The average Bonchev–Trinajstić information content (AvgIpc) is 3.44. The van der Waals surface area contributed by atoms with Gasteiger partial charge in [0.25, 0.3) is 0 Å². The van der Waals surface area contributed by atoms with E-state index in [0.29, 0.717) is 60.2 Å². The highest BCUT2D eigenvalue weighted by Gasteiger charge is 2.23. The fourth-order valence-electron chi connectivity index (χ4n) is 8.55. The maximum absolute atomic E-state index is 14.1. The molecule has 0 N–H and O–H groups in total. The van der Waals surface area contributed by atoms with Gasteiger partial charge in [-0.05, 0) is 156 Å². The third-order valence-corrected chi connectivity index (χ3v) is 12.5. The summed E-state index contributed by atoms with van der Waals surface area (Å²) in [6.07, 6.45) is 9.56. The predicted octanol–water partition coefficient (Wildman–Crippen LogP) is 14.8. The summed E-state index contributed by atoms with van der Waals surface area (Å²) in [5.41, 5.74) is 5.77. The molecule has 0 amide bonds. The summed E-state index contributed by atoms with van der Waals surface area (Å²) in [6.45, 7) is 8.77. The van der Waals surface area contributed by atoms with Gasteiger partial charge in [-0.3, -0.25) is 0 Å².